The predicted molar refractivity (Wildman–Crippen MR) is 85.9 cm³/mol. The van der Waals surface area contributed by atoms with Crippen molar-refractivity contribution >= 4 is 28.5 Å². The number of aryl methyl sites for hydroxylation is 3. The number of aromatic amines is 1. The van der Waals surface area contributed by atoms with Crippen LogP contribution in [0.2, 0.25) is 0 Å². The molecule has 0 unspecified atom stereocenters. The van der Waals surface area contributed by atoms with Crippen LogP contribution >= 0.6 is 11.3 Å². The first-order chi connectivity index (χ1) is 9.63. The first-order valence-electron chi connectivity index (χ1n) is 6.81. The summed E-state index contributed by atoms with van der Waals surface area (Å²) < 4.78 is 0. The Bertz CT molecular complexity index is 795. The van der Waals surface area contributed by atoms with Crippen molar-refractivity contribution < 1.29 is 4.79 Å². The lowest BCUT2D eigenvalue weighted by Gasteiger charge is -1.99. The van der Waals surface area contributed by atoms with Gasteiger partial charge in [0.25, 0.3) is 0 Å². The molecular weight excluding hydrogens is 266 g/mol. The quantitative estimate of drug-likeness (QED) is 0.682. The van der Waals surface area contributed by atoms with Crippen molar-refractivity contribution in [3.63, 3.8) is 0 Å². The fourth-order valence-corrected chi connectivity index (χ4v) is 3.73. The molecule has 0 aliphatic heterocycles. The summed E-state index contributed by atoms with van der Waals surface area (Å²) in [6.07, 6.45) is 2.00. The second-order valence-corrected chi connectivity index (χ2v) is 6.32. The molecule has 2 aromatic heterocycles. The normalized spacial score (nSPS) is 11.2. The number of H-pyrrole nitrogens is 1. The molecule has 1 N–H and O–H groups in total. The van der Waals surface area contributed by atoms with Crippen LogP contribution in [0.15, 0.2) is 24.3 Å². The van der Waals surface area contributed by atoms with Gasteiger partial charge in [0.15, 0.2) is 6.29 Å². The van der Waals surface area contributed by atoms with Gasteiger partial charge in [-0.2, -0.15) is 0 Å². The fourth-order valence-electron chi connectivity index (χ4n) is 2.77. The Morgan fingerprint density at radius 2 is 2.05 bits per heavy atom. The number of thiophene rings is 1. The van der Waals surface area contributed by atoms with Gasteiger partial charge in [0.2, 0.25) is 0 Å². The number of aromatic nitrogens is 1. The number of hydrogen-bond donors (Lipinski definition) is 1. The molecule has 0 saturated heterocycles. The standard InChI is InChI=1S/C17H17NOS/c1-4-12-5-6-15(20-12)17-13(9-19)16-11(3)7-10(2)8-14(16)18-17/h5-9,18H,4H2,1-3H3. The average Bonchev–Trinajstić information content (AvgIpc) is 3.01. The summed E-state index contributed by atoms with van der Waals surface area (Å²) in [5, 5.41) is 1.05. The number of nitrogens with one attached hydrogen (secondary N) is 1. The Hall–Kier alpha value is -1.87. The van der Waals surface area contributed by atoms with Crippen molar-refractivity contribution in [1.29, 1.82) is 0 Å². The van der Waals surface area contributed by atoms with Crippen molar-refractivity contribution in [3.8, 4) is 10.6 Å². The second kappa shape index (κ2) is 4.91. The molecule has 0 fully saturated rings. The van der Waals surface area contributed by atoms with E-state index in [9.17, 15) is 4.79 Å². The van der Waals surface area contributed by atoms with E-state index < -0.39 is 0 Å². The van der Waals surface area contributed by atoms with E-state index >= 15 is 0 Å². The molecule has 0 amide bonds. The number of carbonyl (C=O) groups is 1. The van der Waals surface area contributed by atoms with E-state index in [4.69, 9.17) is 0 Å². The van der Waals surface area contributed by atoms with Crippen LogP contribution in [0.1, 0.15) is 33.3 Å². The number of aldehydes is 1. The summed E-state index contributed by atoms with van der Waals surface area (Å²) in [7, 11) is 0. The van der Waals surface area contributed by atoms with Crippen LogP contribution in [0.3, 0.4) is 0 Å². The maximum Gasteiger partial charge on any atom is 0.152 e. The first-order valence-corrected chi connectivity index (χ1v) is 7.63. The summed E-state index contributed by atoms with van der Waals surface area (Å²) in [5.74, 6) is 0. The third kappa shape index (κ3) is 1.98. The third-order valence-electron chi connectivity index (χ3n) is 3.65. The average molecular weight is 283 g/mol. The molecule has 0 aliphatic rings. The van der Waals surface area contributed by atoms with Crippen LogP contribution in [-0.4, -0.2) is 11.3 Å². The van der Waals surface area contributed by atoms with Gasteiger partial charge >= 0.3 is 0 Å². The number of rotatable bonds is 3. The van der Waals surface area contributed by atoms with Gasteiger partial charge in [0, 0.05) is 21.3 Å². The molecule has 0 saturated carbocycles. The molecule has 102 valence electrons. The highest BCUT2D eigenvalue weighted by molar-refractivity contribution is 7.15. The lowest BCUT2D eigenvalue weighted by molar-refractivity contribution is 0.112. The minimum absolute atomic E-state index is 0.780. The lowest BCUT2D eigenvalue weighted by atomic mass is 10.0. The van der Waals surface area contributed by atoms with Crippen LogP contribution in [0, 0.1) is 13.8 Å². The molecule has 20 heavy (non-hydrogen) atoms. The van der Waals surface area contributed by atoms with Crippen molar-refractivity contribution in [3.05, 3.63) is 45.8 Å². The predicted octanol–water partition coefficient (Wildman–Crippen LogP) is 4.89. The van der Waals surface area contributed by atoms with Gasteiger partial charge in [0.05, 0.1) is 10.6 Å². The van der Waals surface area contributed by atoms with Crippen molar-refractivity contribution in [2.24, 2.45) is 0 Å². The van der Waals surface area contributed by atoms with Crippen LogP contribution in [0.4, 0.5) is 0 Å². The summed E-state index contributed by atoms with van der Waals surface area (Å²) in [4.78, 5) is 17.5. The van der Waals surface area contributed by atoms with E-state index in [0.717, 1.165) is 45.3 Å². The zero-order valence-corrected chi connectivity index (χ0v) is 12.7. The number of carbonyl (C=O) groups excluding carboxylic acids is 1. The van der Waals surface area contributed by atoms with Gasteiger partial charge < -0.3 is 4.98 Å². The highest BCUT2D eigenvalue weighted by atomic mass is 32.1. The van der Waals surface area contributed by atoms with E-state index in [1.165, 1.54) is 10.4 Å². The molecular formula is C17H17NOS. The van der Waals surface area contributed by atoms with Crippen LogP contribution in [0.5, 0.6) is 0 Å². The maximum atomic E-state index is 11.6. The molecule has 2 heterocycles. The highest BCUT2D eigenvalue weighted by Crippen LogP contribution is 2.35. The molecule has 2 nitrogen and oxygen atoms in total. The minimum atomic E-state index is 0.780. The van der Waals surface area contributed by atoms with E-state index in [2.05, 4.69) is 50.0 Å². The van der Waals surface area contributed by atoms with Gasteiger partial charge in [-0.25, -0.2) is 0 Å². The number of benzene rings is 1. The minimum Gasteiger partial charge on any atom is -0.353 e. The summed E-state index contributed by atoms with van der Waals surface area (Å²) in [6.45, 7) is 6.29. The summed E-state index contributed by atoms with van der Waals surface area (Å²) >= 11 is 1.75. The Morgan fingerprint density at radius 3 is 2.70 bits per heavy atom. The Labute approximate surface area is 122 Å². The van der Waals surface area contributed by atoms with E-state index in [1.54, 1.807) is 11.3 Å². The zero-order valence-electron chi connectivity index (χ0n) is 11.9. The van der Waals surface area contributed by atoms with Gasteiger partial charge in [-0.3, -0.25) is 4.79 Å². The fraction of sp³-hybridized carbons (Fsp3) is 0.235. The lowest BCUT2D eigenvalue weighted by Crippen LogP contribution is -1.84. The summed E-state index contributed by atoms with van der Waals surface area (Å²) in [6, 6.07) is 8.47. The van der Waals surface area contributed by atoms with Gasteiger partial charge in [0.1, 0.15) is 0 Å². The van der Waals surface area contributed by atoms with Crippen molar-refractivity contribution in [1.82, 2.24) is 4.98 Å². The zero-order chi connectivity index (χ0) is 14.3. The van der Waals surface area contributed by atoms with Crippen LogP contribution in [0.25, 0.3) is 21.5 Å². The second-order valence-electron chi connectivity index (χ2n) is 5.16. The van der Waals surface area contributed by atoms with E-state index in [-0.39, 0.29) is 0 Å². The smallest absolute Gasteiger partial charge is 0.152 e. The number of fused-ring (bicyclic) bond motifs is 1. The maximum absolute atomic E-state index is 11.6. The van der Waals surface area contributed by atoms with E-state index in [1.807, 2.05) is 0 Å². The Balaban J connectivity index is 2.30. The molecule has 3 aromatic rings. The molecule has 0 radical (unpaired) electrons. The molecule has 0 bridgehead atoms. The third-order valence-corrected chi connectivity index (χ3v) is 4.90. The largest absolute Gasteiger partial charge is 0.353 e. The molecule has 0 spiro atoms. The van der Waals surface area contributed by atoms with Gasteiger partial charge in [-0.15, -0.1) is 11.3 Å². The van der Waals surface area contributed by atoms with Crippen molar-refractivity contribution in [2.45, 2.75) is 27.2 Å². The molecule has 3 rings (SSSR count). The topological polar surface area (TPSA) is 32.9 Å². The number of hydrogen-bond acceptors (Lipinski definition) is 2. The Morgan fingerprint density at radius 1 is 1.25 bits per heavy atom. The SMILES string of the molecule is CCc1ccc(-c2[nH]c3cc(C)cc(C)c3c2C=O)s1. The molecule has 1 aromatic carbocycles. The molecule has 3 heteroatoms. The first kappa shape index (κ1) is 13.1. The van der Waals surface area contributed by atoms with Crippen LogP contribution in [-0.2, 0) is 6.42 Å². The molecule has 0 aliphatic carbocycles. The van der Waals surface area contributed by atoms with E-state index in [0.29, 0.717) is 0 Å². The molecule has 0 atom stereocenters. The van der Waals surface area contributed by atoms with Crippen molar-refractivity contribution in [2.75, 3.05) is 0 Å². The monoisotopic (exact) mass is 283 g/mol. The highest BCUT2D eigenvalue weighted by Gasteiger charge is 2.16. The van der Waals surface area contributed by atoms with Gasteiger partial charge in [-0.1, -0.05) is 13.0 Å². The Kier molecular flexibility index (Phi) is 3.22. The summed E-state index contributed by atoms with van der Waals surface area (Å²) in [5.41, 5.74) is 5.14. The van der Waals surface area contributed by atoms with Gasteiger partial charge in [-0.05, 0) is 49.6 Å². The van der Waals surface area contributed by atoms with Crippen LogP contribution < -0.4 is 0 Å².